The smallest absolute Gasteiger partial charge is 0.0409 e. The molecular weight excluding hydrogens is 254 g/mol. The molecule has 0 unspecified atom stereocenters. The monoisotopic (exact) mass is 275 g/mol. The summed E-state index contributed by atoms with van der Waals surface area (Å²) >= 11 is 6.05. The van der Waals surface area contributed by atoms with Crippen LogP contribution in [0, 0.1) is 23.7 Å². The van der Waals surface area contributed by atoms with Gasteiger partial charge < -0.3 is 5.32 Å². The van der Waals surface area contributed by atoms with E-state index in [9.17, 15) is 0 Å². The van der Waals surface area contributed by atoms with E-state index in [1.165, 1.54) is 37.7 Å². The first-order valence-electron chi connectivity index (χ1n) is 7.79. The minimum Gasteiger partial charge on any atom is -0.310 e. The number of hydrogen-bond donors (Lipinski definition) is 1. The second-order valence-electron chi connectivity index (χ2n) is 6.77. The van der Waals surface area contributed by atoms with E-state index in [-0.39, 0.29) is 0 Å². The number of fused-ring (bicyclic) bond motifs is 5. The van der Waals surface area contributed by atoms with Crippen molar-refractivity contribution in [1.82, 2.24) is 5.32 Å². The third-order valence-corrected chi connectivity index (χ3v) is 6.12. The molecule has 2 bridgehead atoms. The Morgan fingerprint density at radius 1 is 1.11 bits per heavy atom. The largest absolute Gasteiger partial charge is 0.310 e. The lowest BCUT2D eigenvalue weighted by Gasteiger charge is -2.32. The van der Waals surface area contributed by atoms with Gasteiger partial charge in [0.15, 0.2) is 0 Å². The first-order valence-corrected chi connectivity index (χ1v) is 8.17. The molecule has 3 fully saturated rings. The molecule has 1 N–H and O–H groups in total. The van der Waals surface area contributed by atoms with Gasteiger partial charge >= 0.3 is 0 Å². The second-order valence-corrected chi connectivity index (χ2v) is 7.21. The Hall–Kier alpha value is -0.530. The molecule has 0 heterocycles. The molecular formula is C17H22ClN. The van der Waals surface area contributed by atoms with E-state index < -0.39 is 0 Å². The molecule has 0 radical (unpaired) electrons. The van der Waals surface area contributed by atoms with Crippen molar-refractivity contribution in [2.24, 2.45) is 23.7 Å². The summed E-state index contributed by atoms with van der Waals surface area (Å²) in [7, 11) is 0. The predicted molar refractivity (Wildman–Crippen MR) is 79.1 cm³/mol. The van der Waals surface area contributed by atoms with E-state index in [0.717, 1.165) is 41.3 Å². The van der Waals surface area contributed by atoms with E-state index >= 15 is 0 Å². The molecule has 4 rings (SSSR count). The van der Waals surface area contributed by atoms with Crippen LogP contribution in [0.15, 0.2) is 24.3 Å². The SMILES string of the molecule is Clc1cccc(CN[C@@H]2C[C@@H]3C[C@H]2[C@@H]2CCC[C@H]32)c1. The Labute approximate surface area is 120 Å². The zero-order valence-electron chi connectivity index (χ0n) is 11.3. The minimum atomic E-state index is 0.767. The highest BCUT2D eigenvalue weighted by Gasteiger charge is 2.53. The van der Waals surface area contributed by atoms with Crippen molar-refractivity contribution in [3.05, 3.63) is 34.9 Å². The zero-order valence-corrected chi connectivity index (χ0v) is 12.1. The van der Waals surface area contributed by atoms with Crippen LogP contribution in [0.2, 0.25) is 5.02 Å². The molecule has 0 aliphatic heterocycles. The summed E-state index contributed by atoms with van der Waals surface area (Å²) in [6, 6.07) is 9.02. The molecule has 3 aliphatic rings. The lowest BCUT2D eigenvalue weighted by atomic mass is 9.79. The fourth-order valence-electron chi connectivity index (χ4n) is 5.20. The minimum absolute atomic E-state index is 0.767. The van der Waals surface area contributed by atoms with Gasteiger partial charge in [-0.15, -0.1) is 0 Å². The molecule has 5 atom stereocenters. The maximum atomic E-state index is 6.05. The van der Waals surface area contributed by atoms with Crippen LogP contribution in [-0.4, -0.2) is 6.04 Å². The van der Waals surface area contributed by atoms with Gasteiger partial charge in [0.1, 0.15) is 0 Å². The number of halogens is 1. The van der Waals surface area contributed by atoms with Gasteiger partial charge in [-0.3, -0.25) is 0 Å². The molecule has 0 amide bonds. The number of hydrogen-bond acceptors (Lipinski definition) is 1. The van der Waals surface area contributed by atoms with E-state index in [0.29, 0.717) is 0 Å². The predicted octanol–water partition coefficient (Wildman–Crippen LogP) is 4.25. The fraction of sp³-hybridized carbons (Fsp3) is 0.647. The third kappa shape index (κ3) is 2.11. The van der Waals surface area contributed by atoms with Crippen molar-refractivity contribution in [3.8, 4) is 0 Å². The third-order valence-electron chi connectivity index (χ3n) is 5.89. The van der Waals surface area contributed by atoms with Crippen molar-refractivity contribution in [2.75, 3.05) is 0 Å². The van der Waals surface area contributed by atoms with Crippen molar-refractivity contribution in [2.45, 2.75) is 44.7 Å². The average Bonchev–Trinajstić information content (AvgIpc) is 3.08. The van der Waals surface area contributed by atoms with Crippen LogP contribution in [0.25, 0.3) is 0 Å². The van der Waals surface area contributed by atoms with Crippen LogP contribution >= 0.6 is 11.6 Å². The first-order chi connectivity index (χ1) is 9.31. The van der Waals surface area contributed by atoms with Crippen LogP contribution in [0.4, 0.5) is 0 Å². The normalized spacial score (nSPS) is 39.7. The van der Waals surface area contributed by atoms with Gasteiger partial charge in [0.25, 0.3) is 0 Å². The van der Waals surface area contributed by atoms with E-state index in [2.05, 4.69) is 17.4 Å². The highest BCUT2D eigenvalue weighted by Crippen LogP contribution is 2.58. The van der Waals surface area contributed by atoms with Crippen LogP contribution in [0.5, 0.6) is 0 Å². The maximum absolute atomic E-state index is 6.05. The van der Waals surface area contributed by atoms with E-state index in [4.69, 9.17) is 11.6 Å². The van der Waals surface area contributed by atoms with Gasteiger partial charge in [0.05, 0.1) is 0 Å². The van der Waals surface area contributed by atoms with Crippen molar-refractivity contribution >= 4 is 11.6 Å². The molecule has 3 aliphatic carbocycles. The molecule has 1 aromatic rings. The van der Waals surface area contributed by atoms with Crippen LogP contribution < -0.4 is 5.32 Å². The Balaban J connectivity index is 1.40. The topological polar surface area (TPSA) is 12.0 Å². The van der Waals surface area contributed by atoms with Crippen molar-refractivity contribution in [3.63, 3.8) is 0 Å². The van der Waals surface area contributed by atoms with E-state index in [1.807, 2.05) is 12.1 Å². The van der Waals surface area contributed by atoms with Crippen LogP contribution in [-0.2, 0) is 6.54 Å². The summed E-state index contributed by atoms with van der Waals surface area (Å²) < 4.78 is 0. The molecule has 102 valence electrons. The van der Waals surface area contributed by atoms with Crippen LogP contribution in [0.3, 0.4) is 0 Å². The summed E-state index contributed by atoms with van der Waals surface area (Å²) in [5, 5.41) is 4.66. The van der Waals surface area contributed by atoms with Crippen molar-refractivity contribution in [1.29, 1.82) is 0 Å². The van der Waals surface area contributed by atoms with E-state index in [1.54, 1.807) is 0 Å². The van der Waals surface area contributed by atoms with Gasteiger partial charge in [-0.1, -0.05) is 30.2 Å². The summed E-state index contributed by atoms with van der Waals surface area (Å²) in [6.07, 6.45) is 7.44. The van der Waals surface area contributed by atoms with Gasteiger partial charge in [-0.25, -0.2) is 0 Å². The molecule has 1 nitrogen and oxygen atoms in total. The van der Waals surface area contributed by atoms with Gasteiger partial charge in [-0.2, -0.15) is 0 Å². The zero-order chi connectivity index (χ0) is 12.8. The molecule has 0 saturated heterocycles. The lowest BCUT2D eigenvalue weighted by molar-refractivity contribution is 0.208. The lowest BCUT2D eigenvalue weighted by Crippen LogP contribution is -2.38. The Morgan fingerprint density at radius 2 is 2.00 bits per heavy atom. The second kappa shape index (κ2) is 4.79. The highest BCUT2D eigenvalue weighted by molar-refractivity contribution is 6.30. The molecule has 0 aromatic heterocycles. The van der Waals surface area contributed by atoms with Gasteiger partial charge in [-0.05, 0) is 67.1 Å². The average molecular weight is 276 g/mol. The Bertz CT molecular complexity index is 472. The highest BCUT2D eigenvalue weighted by atomic mass is 35.5. The molecule has 3 saturated carbocycles. The summed E-state index contributed by atoms with van der Waals surface area (Å²) in [6.45, 7) is 0.978. The summed E-state index contributed by atoms with van der Waals surface area (Å²) in [5.74, 6) is 4.15. The number of benzene rings is 1. The number of rotatable bonds is 3. The quantitative estimate of drug-likeness (QED) is 0.869. The number of nitrogens with one attached hydrogen (secondary N) is 1. The first kappa shape index (κ1) is 12.2. The summed E-state index contributed by atoms with van der Waals surface area (Å²) in [5.41, 5.74) is 1.32. The maximum Gasteiger partial charge on any atom is 0.0409 e. The van der Waals surface area contributed by atoms with Gasteiger partial charge in [0.2, 0.25) is 0 Å². The van der Waals surface area contributed by atoms with Crippen molar-refractivity contribution < 1.29 is 0 Å². The molecule has 19 heavy (non-hydrogen) atoms. The summed E-state index contributed by atoms with van der Waals surface area (Å²) in [4.78, 5) is 0. The standard InChI is InChI=1S/C17H22ClN/c18-13-4-1-3-11(7-13)10-19-17-9-12-8-16(17)15-6-2-5-14(12)15/h1,3-4,7,12,14-17,19H,2,5-6,8-10H2/t12-,14+,15+,16-,17+/m0/s1. The molecule has 0 spiro atoms. The Kier molecular flexibility index (Phi) is 3.08. The molecule has 2 heteroatoms. The van der Waals surface area contributed by atoms with Crippen LogP contribution in [0.1, 0.15) is 37.7 Å². The molecule has 1 aromatic carbocycles. The fourth-order valence-corrected chi connectivity index (χ4v) is 5.41. The Morgan fingerprint density at radius 3 is 2.89 bits per heavy atom. The van der Waals surface area contributed by atoms with Gasteiger partial charge in [0, 0.05) is 17.6 Å².